The van der Waals surface area contributed by atoms with E-state index < -0.39 is 38.4 Å². The maximum Gasteiger partial charge on any atom is 0.416 e. The highest BCUT2D eigenvalue weighted by Gasteiger charge is 2.33. The molecule has 0 spiro atoms. The van der Waals surface area contributed by atoms with Gasteiger partial charge in [0.2, 0.25) is 0 Å². The van der Waals surface area contributed by atoms with Crippen molar-refractivity contribution in [2.75, 3.05) is 11.8 Å². The normalized spacial score (nSPS) is 14.2. The van der Waals surface area contributed by atoms with Crippen LogP contribution in [0.5, 0.6) is 0 Å². The number of hydrogen-bond donors (Lipinski definition) is 1. The predicted molar refractivity (Wildman–Crippen MR) is 96.6 cm³/mol. The molecule has 29 heavy (non-hydrogen) atoms. The minimum absolute atomic E-state index is 0.0133. The van der Waals surface area contributed by atoms with Gasteiger partial charge in [0.05, 0.1) is 23.9 Å². The van der Waals surface area contributed by atoms with Crippen molar-refractivity contribution < 1.29 is 35.5 Å². The Balaban J connectivity index is 2.09. The average Bonchev–Trinajstić information content (AvgIpc) is 2.66. The molecule has 1 aliphatic rings. The molecule has 0 saturated carbocycles. The fraction of sp³-hybridized carbons (Fsp3) is 0.316. The van der Waals surface area contributed by atoms with E-state index in [4.69, 9.17) is 4.74 Å². The molecule has 0 bridgehead atoms. The number of benzene rings is 2. The quantitative estimate of drug-likeness (QED) is 0.579. The highest BCUT2D eigenvalue weighted by molar-refractivity contribution is 7.92. The van der Waals surface area contributed by atoms with E-state index in [9.17, 15) is 30.8 Å². The van der Waals surface area contributed by atoms with Crippen LogP contribution in [0.2, 0.25) is 0 Å². The van der Waals surface area contributed by atoms with Crippen LogP contribution in [-0.2, 0) is 33.8 Å². The summed E-state index contributed by atoms with van der Waals surface area (Å²) in [6, 6.07) is 4.08. The molecular weight excluding hydrogens is 414 g/mol. The largest absolute Gasteiger partial charge is 0.465 e. The van der Waals surface area contributed by atoms with E-state index in [0.717, 1.165) is 25.5 Å². The number of aryl methyl sites for hydroxylation is 1. The smallest absolute Gasteiger partial charge is 0.416 e. The summed E-state index contributed by atoms with van der Waals surface area (Å²) >= 11 is 0. The predicted octanol–water partition coefficient (Wildman–Crippen LogP) is 4.31. The van der Waals surface area contributed by atoms with E-state index in [1.54, 1.807) is 6.07 Å². The second-order valence-electron chi connectivity index (χ2n) is 6.57. The van der Waals surface area contributed by atoms with Crippen LogP contribution < -0.4 is 4.72 Å². The van der Waals surface area contributed by atoms with Crippen LogP contribution in [0.25, 0.3) is 0 Å². The molecule has 0 aromatic heterocycles. The summed E-state index contributed by atoms with van der Waals surface area (Å²) in [7, 11) is -3.62. The monoisotopic (exact) mass is 431 g/mol. The van der Waals surface area contributed by atoms with Gasteiger partial charge in [0.15, 0.2) is 0 Å². The molecule has 10 heteroatoms. The van der Waals surface area contributed by atoms with Crippen LogP contribution >= 0.6 is 0 Å². The third-order valence-electron chi connectivity index (χ3n) is 4.71. The number of esters is 1. The van der Waals surface area contributed by atoms with E-state index >= 15 is 0 Å². The van der Waals surface area contributed by atoms with Gasteiger partial charge in [-0.2, -0.15) is 13.2 Å². The molecule has 156 valence electrons. The first-order chi connectivity index (χ1) is 13.5. The van der Waals surface area contributed by atoms with Crippen LogP contribution in [0.15, 0.2) is 35.2 Å². The molecule has 1 N–H and O–H groups in total. The molecule has 0 amide bonds. The van der Waals surface area contributed by atoms with Crippen molar-refractivity contribution in [3.05, 3.63) is 58.4 Å². The molecule has 1 aliphatic carbocycles. The maximum absolute atomic E-state index is 14.1. The minimum atomic E-state index is -4.85. The van der Waals surface area contributed by atoms with Crippen LogP contribution in [-0.4, -0.2) is 21.5 Å². The lowest BCUT2D eigenvalue weighted by molar-refractivity contribution is -0.137. The topological polar surface area (TPSA) is 72.5 Å². The molecule has 5 nitrogen and oxygen atoms in total. The number of ether oxygens (including phenoxy) is 1. The van der Waals surface area contributed by atoms with Crippen molar-refractivity contribution in [3.63, 3.8) is 0 Å². The number of alkyl halides is 3. The van der Waals surface area contributed by atoms with Gasteiger partial charge in [0.25, 0.3) is 10.0 Å². The van der Waals surface area contributed by atoms with Crippen molar-refractivity contribution in [2.24, 2.45) is 0 Å². The first kappa shape index (κ1) is 21.1. The van der Waals surface area contributed by atoms with E-state index in [-0.39, 0.29) is 17.3 Å². The molecule has 2 aromatic rings. The van der Waals surface area contributed by atoms with E-state index in [2.05, 4.69) is 4.72 Å². The Kier molecular flexibility index (Phi) is 5.57. The highest BCUT2D eigenvalue weighted by Crippen LogP contribution is 2.34. The highest BCUT2D eigenvalue weighted by atomic mass is 32.2. The van der Waals surface area contributed by atoms with E-state index in [0.29, 0.717) is 30.5 Å². The van der Waals surface area contributed by atoms with Gasteiger partial charge in [-0.25, -0.2) is 17.6 Å². The van der Waals surface area contributed by atoms with Crippen LogP contribution in [0.1, 0.15) is 39.9 Å². The zero-order chi connectivity index (χ0) is 21.4. The SMILES string of the molecule is COC(=O)c1c(NS(=O)(=O)c2cc(C(F)(F)F)ccc2F)ccc2c1CCCC2. The second-order valence-corrected chi connectivity index (χ2v) is 8.22. The lowest BCUT2D eigenvalue weighted by Crippen LogP contribution is -2.20. The fourth-order valence-electron chi connectivity index (χ4n) is 3.33. The number of carbonyl (C=O) groups is 1. The Morgan fingerprint density at radius 1 is 1.10 bits per heavy atom. The third kappa shape index (κ3) is 4.21. The number of anilines is 1. The number of carbonyl (C=O) groups excluding carboxylic acids is 1. The summed E-state index contributed by atoms with van der Waals surface area (Å²) in [5.41, 5.74) is -0.00876. The third-order valence-corrected chi connectivity index (χ3v) is 6.10. The van der Waals surface area contributed by atoms with Gasteiger partial charge in [0.1, 0.15) is 10.7 Å². The molecule has 0 radical (unpaired) electrons. The van der Waals surface area contributed by atoms with Gasteiger partial charge in [-0.15, -0.1) is 0 Å². The van der Waals surface area contributed by atoms with Gasteiger partial charge in [0, 0.05) is 0 Å². The van der Waals surface area contributed by atoms with E-state index in [1.807, 2.05) is 0 Å². The molecule has 0 saturated heterocycles. The number of hydrogen-bond acceptors (Lipinski definition) is 4. The maximum atomic E-state index is 14.1. The van der Waals surface area contributed by atoms with Gasteiger partial charge in [-0.05, 0) is 61.1 Å². The van der Waals surface area contributed by atoms with Gasteiger partial charge in [-0.3, -0.25) is 4.72 Å². The van der Waals surface area contributed by atoms with Crippen molar-refractivity contribution in [1.82, 2.24) is 0 Å². The van der Waals surface area contributed by atoms with Crippen molar-refractivity contribution in [1.29, 1.82) is 0 Å². The molecular formula is C19H17F4NO4S. The number of fused-ring (bicyclic) bond motifs is 1. The van der Waals surface area contributed by atoms with Crippen molar-refractivity contribution in [2.45, 2.75) is 36.8 Å². The lowest BCUT2D eigenvalue weighted by atomic mass is 9.87. The molecule has 0 heterocycles. The molecule has 3 rings (SSSR count). The number of halogens is 4. The summed E-state index contributed by atoms with van der Waals surface area (Å²) < 4.78 is 85.0. The molecule has 0 fully saturated rings. The fourth-order valence-corrected chi connectivity index (χ4v) is 4.51. The number of nitrogens with one attached hydrogen (secondary N) is 1. The summed E-state index contributed by atoms with van der Waals surface area (Å²) in [4.78, 5) is 11.1. The van der Waals surface area contributed by atoms with E-state index in [1.165, 1.54) is 6.07 Å². The number of sulfonamides is 1. The Morgan fingerprint density at radius 3 is 2.45 bits per heavy atom. The zero-order valence-corrected chi connectivity index (χ0v) is 16.1. The van der Waals surface area contributed by atoms with Gasteiger partial charge >= 0.3 is 12.1 Å². The van der Waals surface area contributed by atoms with Gasteiger partial charge < -0.3 is 4.74 Å². The van der Waals surface area contributed by atoms with Crippen LogP contribution in [0.4, 0.5) is 23.2 Å². The summed E-state index contributed by atoms with van der Waals surface area (Å²) in [6.07, 6.45) is -1.92. The molecule has 2 aromatic carbocycles. The number of rotatable bonds is 4. The Bertz CT molecular complexity index is 1060. The first-order valence-electron chi connectivity index (χ1n) is 8.67. The second kappa shape index (κ2) is 7.66. The zero-order valence-electron chi connectivity index (χ0n) is 15.3. The lowest BCUT2D eigenvalue weighted by Gasteiger charge is -2.21. The van der Waals surface area contributed by atoms with Crippen molar-refractivity contribution >= 4 is 21.7 Å². The summed E-state index contributed by atoms with van der Waals surface area (Å²) in [5, 5.41) is 0. The minimum Gasteiger partial charge on any atom is -0.465 e. The Hall–Kier alpha value is -2.62. The Morgan fingerprint density at radius 2 is 1.79 bits per heavy atom. The average molecular weight is 431 g/mol. The molecule has 0 atom stereocenters. The van der Waals surface area contributed by atoms with Crippen LogP contribution in [0.3, 0.4) is 0 Å². The van der Waals surface area contributed by atoms with Crippen LogP contribution in [0, 0.1) is 5.82 Å². The summed E-state index contributed by atoms with van der Waals surface area (Å²) in [6.45, 7) is 0. The van der Waals surface area contributed by atoms with Crippen molar-refractivity contribution in [3.8, 4) is 0 Å². The summed E-state index contributed by atoms with van der Waals surface area (Å²) in [5.74, 6) is -2.13. The molecule has 0 unspecified atom stereocenters. The Labute approximate surface area is 164 Å². The first-order valence-corrected chi connectivity index (χ1v) is 10.2. The molecule has 0 aliphatic heterocycles. The standard InChI is InChI=1S/C19H17F4NO4S/c1-28-18(25)17-13-5-3-2-4-11(13)6-9-15(17)24-29(26,27)16-10-12(19(21,22)23)7-8-14(16)20/h6-10,24H,2-5H2,1H3. The number of methoxy groups -OCH3 is 1. The van der Waals surface area contributed by atoms with Gasteiger partial charge in [-0.1, -0.05) is 6.07 Å².